The number of nitrogens with two attached hydrogens (primary N) is 1. The average molecular weight is 276 g/mol. The summed E-state index contributed by atoms with van der Waals surface area (Å²) >= 11 is 1.69. The standard InChI is InChI=1S/C13H16N4OS/c1-19-8-6-15-13(18)12-5-7-17(16-12)11-4-2-3-10(14)9-11/h2-5,7,9H,6,8,14H2,1H3,(H,15,18). The predicted octanol–water partition coefficient (Wildman–Crippen LogP) is 1.55. The van der Waals surface area contributed by atoms with Gasteiger partial charge in [0.05, 0.1) is 5.69 Å². The largest absolute Gasteiger partial charge is 0.399 e. The van der Waals surface area contributed by atoms with Crippen LogP contribution >= 0.6 is 11.8 Å². The van der Waals surface area contributed by atoms with Gasteiger partial charge in [-0.15, -0.1) is 0 Å². The molecule has 1 heterocycles. The zero-order chi connectivity index (χ0) is 13.7. The van der Waals surface area contributed by atoms with Gasteiger partial charge in [-0.1, -0.05) is 6.07 Å². The SMILES string of the molecule is CSCCNC(=O)c1ccn(-c2cccc(N)c2)n1. The lowest BCUT2D eigenvalue weighted by molar-refractivity contribution is 0.0951. The fraction of sp³-hybridized carbons (Fsp3) is 0.231. The van der Waals surface area contributed by atoms with E-state index in [0.29, 0.717) is 17.9 Å². The molecule has 0 aliphatic carbocycles. The smallest absolute Gasteiger partial charge is 0.271 e. The van der Waals surface area contributed by atoms with E-state index in [2.05, 4.69) is 10.4 Å². The molecule has 6 heteroatoms. The van der Waals surface area contributed by atoms with E-state index in [4.69, 9.17) is 5.73 Å². The first-order valence-electron chi connectivity index (χ1n) is 5.89. The van der Waals surface area contributed by atoms with Crippen molar-refractivity contribution < 1.29 is 4.79 Å². The molecule has 1 aromatic carbocycles. The molecule has 0 aliphatic rings. The zero-order valence-electron chi connectivity index (χ0n) is 10.7. The van der Waals surface area contributed by atoms with E-state index in [9.17, 15) is 4.79 Å². The molecule has 0 fully saturated rings. The fourth-order valence-corrected chi connectivity index (χ4v) is 1.92. The van der Waals surface area contributed by atoms with Crippen LogP contribution in [0.1, 0.15) is 10.5 Å². The topological polar surface area (TPSA) is 72.9 Å². The van der Waals surface area contributed by atoms with Crippen LogP contribution in [-0.2, 0) is 0 Å². The van der Waals surface area contributed by atoms with Crippen molar-refractivity contribution in [2.24, 2.45) is 0 Å². The van der Waals surface area contributed by atoms with E-state index in [1.165, 1.54) is 0 Å². The summed E-state index contributed by atoms with van der Waals surface area (Å²) in [6.45, 7) is 0.644. The quantitative estimate of drug-likeness (QED) is 0.642. The molecule has 0 spiro atoms. The highest BCUT2D eigenvalue weighted by Gasteiger charge is 2.09. The maximum Gasteiger partial charge on any atom is 0.271 e. The molecule has 0 unspecified atom stereocenters. The first kappa shape index (κ1) is 13.5. The van der Waals surface area contributed by atoms with Crippen molar-refractivity contribution in [2.75, 3.05) is 24.3 Å². The van der Waals surface area contributed by atoms with Crippen molar-refractivity contribution in [1.29, 1.82) is 0 Å². The van der Waals surface area contributed by atoms with Gasteiger partial charge in [-0.05, 0) is 30.5 Å². The lowest BCUT2D eigenvalue weighted by atomic mass is 10.3. The van der Waals surface area contributed by atoms with Gasteiger partial charge in [0.25, 0.3) is 5.91 Å². The minimum atomic E-state index is -0.156. The summed E-state index contributed by atoms with van der Waals surface area (Å²) in [4.78, 5) is 11.8. The van der Waals surface area contributed by atoms with Gasteiger partial charge in [0.1, 0.15) is 0 Å². The number of carbonyl (C=O) groups is 1. The number of nitrogen functional groups attached to an aromatic ring is 1. The van der Waals surface area contributed by atoms with Crippen LogP contribution in [0.4, 0.5) is 5.69 Å². The van der Waals surface area contributed by atoms with Crippen molar-refractivity contribution in [3.63, 3.8) is 0 Å². The maximum atomic E-state index is 11.8. The van der Waals surface area contributed by atoms with Crippen LogP contribution in [0.5, 0.6) is 0 Å². The van der Waals surface area contributed by atoms with Gasteiger partial charge in [0.15, 0.2) is 5.69 Å². The Hall–Kier alpha value is -1.95. The number of hydrogen-bond acceptors (Lipinski definition) is 4. The van der Waals surface area contributed by atoms with Gasteiger partial charge in [0.2, 0.25) is 0 Å². The highest BCUT2D eigenvalue weighted by atomic mass is 32.2. The fourth-order valence-electron chi connectivity index (χ4n) is 1.61. The summed E-state index contributed by atoms with van der Waals surface area (Å²) in [7, 11) is 0. The van der Waals surface area contributed by atoms with E-state index < -0.39 is 0 Å². The third-order valence-electron chi connectivity index (χ3n) is 2.55. The lowest BCUT2D eigenvalue weighted by Crippen LogP contribution is -2.26. The predicted molar refractivity (Wildman–Crippen MR) is 78.7 cm³/mol. The van der Waals surface area contributed by atoms with Gasteiger partial charge >= 0.3 is 0 Å². The summed E-state index contributed by atoms with van der Waals surface area (Å²) in [6, 6.07) is 9.05. The lowest BCUT2D eigenvalue weighted by Gasteiger charge is -2.03. The summed E-state index contributed by atoms with van der Waals surface area (Å²) in [6.07, 6.45) is 3.75. The Bertz CT molecular complexity index is 567. The monoisotopic (exact) mass is 276 g/mol. The number of carbonyl (C=O) groups excluding carboxylic acids is 1. The normalized spacial score (nSPS) is 10.4. The van der Waals surface area contributed by atoms with E-state index in [1.54, 1.807) is 28.7 Å². The van der Waals surface area contributed by atoms with Gasteiger partial charge in [-0.25, -0.2) is 4.68 Å². The van der Waals surface area contributed by atoms with Gasteiger partial charge in [-0.2, -0.15) is 16.9 Å². The molecule has 2 rings (SSSR count). The maximum absolute atomic E-state index is 11.8. The summed E-state index contributed by atoms with van der Waals surface area (Å²) in [5.41, 5.74) is 7.63. The van der Waals surface area contributed by atoms with Crippen LogP contribution in [0.3, 0.4) is 0 Å². The molecule has 19 heavy (non-hydrogen) atoms. The van der Waals surface area contributed by atoms with Crippen molar-refractivity contribution in [1.82, 2.24) is 15.1 Å². The van der Waals surface area contributed by atoms with E-state index in [1.807, 2.05) is 30.5 Å². The van der Waals surface area contributed by atoms with Crippen LogP contribution < -0.4 is 11.1 Å². The number of nitrogens with one attached hydrogen (secondary N) is 1. The number of aromatic nitrogens is 2. The summed E-state index contributed by atoms with van der Waals surface area (Å²) < 4.78 is 1.64. The van der Waals surface area contributed by atoms with Crippen molar-refractivity contribution >= 4 is 23.4 Å². The molecule has 1 amide bonds. The number of rotatable bonds is 5. The van der Waals surface area contributed by atoms with Gasteiger partial charge in [0, 0.05) is 24.2 Å². The van der Waals surface area contributed by atoms with Crippen LogP contribution in [-0.4, -0.2) is 34.2 Å². The highest BCUT2D eigenvalue weighted by Crippen LogP contribution is 2.11. The number of thioether (sulfide) groups is 1. The molecule has 2 aromatic rings. The van der Waals surface area contributed by atoms with Gasteiger partial charge < -0.3 is 11.1 Å². The molecule has 0 saturated carbocycles. The van der Waals surface area contributed by atoms with Crippen molar-refractivity contribution in [2.45, 2.75) is 0 Å². The van der Waals surface area contributed by atoms with Gasteiger partial charge in [-0.3, -0.25) is 4.79 Å². The second-order valence-corrected chi connectivity index (χ2v) is 4.97. The Morgan fingerprint density at radius 1 is 1.47 bits per heavy atom. The van der Waals surface area contributed by atoms with Crippen LogP contribution in [0, 0.1) is 0 Å². The van der Waals surface area contributed by atoms with E-state index >= 15 is 0 Å². The van der Waals surface area contributed by atoms with E-state index in [-0.39, 0.29) is 5.91 Å². The summed E-state index contributed by atoms with van der Waals surface area (Å²) in [5.74, 6) is 0.735. The number of amides is 1. The average Bonchev–Trinajstić information content (AvgIpc) is 2.88. The zero-order valence-corrected chi connectivity index (χ0v) is 11.5. The molecule has 0 saturated heterocycles. The van der Waals surface area contributed by atoms with Crippen molar-refractivity contribution in [3.05, 3.63) is 42.2 Å². The molecular formula is C13H16N4OS. The Balaban J connectivity index is 2.08. The molecule has 0 bridgehead atoms. The highest BCUT2D eigenvalue weighted by molar-refractivity contribution is 7.98. The molecule has 0 aliphatic heterocycles. The van der Waals surface area contributed by atoms with Crippen molar-refractivity contribution in [3.8, 4) is 5.69 Å². The second kappa shape index (κ2) is 6.29. The number of benzene rings is 1. The molecule has 5 nitrogen and oxygen atoms in total. The number of hydrogen-bond donors (Lipinski definition) is 2. The summed E-state index contributed by atoms with van der Waals surface area (Å²) in [5, 5.41) is 7.06. The first-order valence-corrected chi connectivity index (χ1v) is 7.29. The third kappa shape index (κ3) is 3.51. The van der Waals surface area contributed by atoms with E-state index in [0.717, 1.165) is 11.4 Å². The van der Waals surface area contributed by atoms with Crippen LogP contribution in [0.25, 0.3) is 5.69 Å². The number of nitrogens with zero attached hydrogens (tertiary/aromatic N) is 2. The molecular weight excluding hydrogens is 260 g/mol. The molecule has 100 valence electrons. The minimum Gasteiger partial charge on any atom is -0.399 e. The molecule has 1 aromatic heterocycles. The molecule has 0 radical (unpaired) electrons. The minimum absolute atomic E-state index is 0.156. The first-order chi connectivity index (χ1) is 9.20. The number of anilines is 1. The Labute approximate surface area is 116 Å². The molecule has 3 N–H and O–H groups in total. The molecule has 0 atom stereocenters. The van der Waals surface area contributed by atoms with Crippen LogP contribution in [0.2, 0.25) is 0 Å². The Morgan fingerprint density at radius 3 is 3.05 bits per heavy atom. The second-order valence-electron chi connectivity index (χ2n) is 3.99. The Morgan fingerprint density at radius 2 is 2.32 bits per heavy atom. The third-order valence-corrected chi connectivity index (χ3v) is 3.16. The van der Waals surface area contributed by atoms with Crippen LogP contribution in [0.15, 0.2) is 36.5 Å². The Kier molecular flexibility index (Phi) is 4.46.